The predicted molar refractivity (Wildman–Crippen MR) is 127 cm³/mol. The van der Waals surface area contributed by atoms with Crippen LogP contribution in [0.2, 0.25) is 5.02 Å². The molecule has 35 heavy (non-hydrogen) atoms. The van der Waals surface area contributed by atoms with Crippen LogP contribution in [0.15, 0.2) is 36.5 Å². The Balaban J connectivity index is 1.26. The van der Waals surface area contributed by atoms with Crippen LogP contribution in [0.4, 0.5) is 19.0 Å². The molecule has 1 saturated carbocycles. The molecule has 6 nitrogen and oxygen atoms in total. The minimum atomic E-state index is -4.33. The number of rotatable bonds is 3. The minimum Gasteiger partial charge on any atom is -0.355 e. The fourth-order valence-corrected chi connectivity index (χ4v) is 6.04. The van der Waals surface area contributed by atoms with E-state index in [9.17, 15) is 13.2 Å². The normalized spacial score (nSPS) is 20.6. The summed E-state index contributed by atoms with van der Waals surface area (Å²) >= 11 is 6.24. The molecule has 184 valence electrons. The average Bonchev–Trinajstić information content (AvgIpc) is 3.06. The van der Waals surface area contributed by atoms with E-state index in [1.807, 2.05) is 22.9 Å². The van der Waals surface area contributed by atoms with Gasteiger partial charge in [-0.25, -0.2) is 4.98 Å². The number of alkyl halides is 3. The van der Waals surface area contributed by atoms with Crippen molar-refractivity contribution in [1.82, 2.24) is 24.6 Å². The van der Waals surface area contributed by atoms with Crippen molar-refractivity contribution in [3.8, 4) is 5.69 Å². The molecule has 0 radical (unpaired) electrons. The molecule has 1 unspecified atom stereocenters. The number of anilines is 1. The van der Waals surface area contributed by atoms with Crippen molar-refractivity contribution >= 4 is 17.4 Å². The summed E-state index contributed by atoms with van der Waals surface area (Å²) in [4.78, 5) is 8.20. The molecule has 1 spiro atoms. The Morgan fingerprint density at radius 3 is 2.57 bits per heavy atom. The van der Waals surface area contributed by atoms with Gasteiger partial charge in [0.05, 0.1) is 12.2 Å². The first-order valence-electron chi connectivity index (χ1n) is 11.8. The van der Waals surface area contributed by atoms with Gasteiger partial charge in [-0.05, 0) is 68.1 Å². The van der Waals surface area contributed by atoms with Crippen molar-refractivity contribution in [1.29, 1.82) is 0 Å². The van der Waals surface area contributed by atoms with E-state index < -0.39 is 12.2 Å². The van der Waals surface area contributed by atoms with E-state index in [1.54, 1.807) is 12.1 Å². The number of aromatic nitrogens is 4. The number of hydrogen-bond acceptors (Lipinski definition) is 5. The van der Waals surface area contributed by atoms with Crippen LogP contribution in [0.5, 0.6) is 0 Å². The third kappa shape index (κ3) is 3.89. The van der Waals surface area contributed by atoms with Gasteiger partial charge >= 0.3 is 6.18 Å². The highest BCUT2D eigenvalue weighted by Crippen LogP contribution is 2.56. The first-order chi connectivity index (χ1) is 16.6. The molecule has 2 aromatic heterocycles. The molecule has 3 aliphatic rings. The van der Waals surface area contributed by atoms with Gasteiger partial charge < -0.3 is 4.90 Å². The Hall–Kier alpha value is -2.65. The molecule has 1 aromatic carbocycles. The van der Waals surface area contributed by atoms with E-state index in [-0.39, 0.29) is 24.4 Å². The molecule has 2 fully saturated rings. The van der Waals surface area contributed by atoms with E-state index in [0.29, 0.717) is 10.8 Å². The zero-order valence-corrected chi connectivity index (χ0v) is 20.3. The summed E-state index contributed by atoms with van der Waals surface area (Å²) in [5.74, 6) is 2.61. The molecule has 1 saturated heterocycles. The lowest BCUT2D eigenvalue weighted by molar-refractivity contribution is -0.182. The molecule has 1 atom stereocenters. The molecule has 1 aliphatic carbocycles. The number of benzene rings is 1. The third-order valence-electron chi connectivity index (χ3n) is 7.78. The smallest absolute Gasteiger partial charge is 0.355 e. The second kappa shape index (κ2) is 7.93. The summed E-state index contributed by atoms with van der Waals surface area (Å²) in [6.07, 6.45) is -0.519. The highest BCUT2D eigenvalue weighted by Gasteiger charge is 2.54. The SMILES string of the molecule is Cc1ccnc(N2CC3(CC(c4nnc5n4-c4ccc(Cl)cc4CN(C(C)C(F)(F)F)C5)C3)C2)c1. The Morgan fingerprint density at radius 1 is 1.09 bits per heavy atom. The van der Waals surface area contributed by atoms with Gasteiger partial charge in [-0.2, -0.15) is 13.2 Å². The van der Waals surface area contributed by atoms with Gasteiger partial charge in [0.2, 0.25) is 0 Å². The van der Waals surface area contributed by atoms with Crippen LogP contribution in [-0.2, 0) is 13.1 Å². The van der Waals surface area contributed by atoms with Crippen molar-refractivity contribution in [3.63, 3.8) is 0 Å². The van der Waals surface area contributed by atoms with Crippen LogP contribution in [0.1, 0.15) is 48.5 Å². The second-order valence-corrected chi connectivity index (χ2v) is 10.8. The van der Waals surface area contributed by atoms with Gasteiger partial charge in [-0.3, -0.25) is 9.47 Å². The Labute approximate surface area is 206 Å². The first-order valence-corrected chi connectivity index (χ1v) is 12.2. The van der Waals surface area contributed by atoms with Gasteiger partial charge in [-0.15, -0.1) is 10.2 Å². The second-order valence-electron chi connectivity index (χ2n) is 10.4. The van der Waals surface area contributed by atoms with Crippen LogP contribution in [0, 0.1) is 12.3 Å². The van der Waals surface area contributed by atoms with Crippen molar-refractivity contribution in [2.45, 2.75) is 57.9 Å². The fourth-order valence-electron chi connectivity index (χ4n) is 5.84. The van der Waals surface area contributed by atoms with Crippen molar-refractivity contribution < 1.29 is 13.2 Å². The van der Waals surface area contributed by atoms with E-state index in [1.165, 1.54) is 17.4 Å². The van der Waals surface area contributed by atoms with Gasteiger partial charge in [-0.1, -0.05) is 11.6 Å². The molecule has 0 N–H and O–H groups in total. The standard InChI is InChI=1S/C25H26ClF3N6/c1-15-5-6-30-21(7-15)34-13-24(14-34)9-18(10-24)23-32-31-22-12-33(16(2)25(27,28)29)11-17-8-19(26)3-4-20(17)35(22)23/h3-8,16,18H,9-14H2,1-2H3. The quantitative estimate of drug-likeness (QED) is 0.488. The lowest BCUT2D eigenvalue weighted by Gasteiger charge is -2.59. The minimum absolute atomic E-state index is 0.0741. The number of halogens is 4. The van der Waals surface area contributed by atoms with Crippen LogP contribution in [0.25, 0.3) is 5.69 Å². The fraction of sp³-hybridized carbons (Fsp3) is 0.480. The zero-order valence-electron chi connectivity index (χ0n) is 19.6. The van der Waals surface area contributed by atoms with E-state index in [2.05, 4.69) is 33.1 Å². The van der Waals surface area contributed by atoms with Crippen LogP contribution >= 0.6 is 11.6 Å². The summed E-state index contributed by atoms with van der Waals surface area (Å²) in [5.41, 5.74) is 3.01. The van der Waals surface area contributed by atoms with Crippen molar-refractivity contribution in [2.24, 2.45) is 5.41 Å². The molecule has 0 amide bonds. The van der Waals surface area contributed by atoms with E-state index in [4.69, 9.17) is 11.6 Å². The highest BCUT2D eigenvalue weighted by molar-refractivity contribution is 6.30. The summed E-state index contributed by atoms with van der Waals surface area (Å²) in [6.45, 7) is 5.40. The maximum Gasteiger partial charge on any atom is 0.403 e. The number of nitrogens with zero attached hydrogens (tertiary/aromatic N) is 6. The summed E-state index contributed by atoms with van der Waals surface area (Å²) < 4.78 is 42.7. The number of hydrogen-bond donors (Lipinski definition) is 0. The van der Waals surface area contributed by atoms with Gasteiger partial charge in [0.15, 0.2) is 5.82 Å². The maximum absolute atomic E-state index is 13.6. The molecule has 2 aliphatic heterocycles. The highest BCUT2D eigenvalue weighted by atomic mass is 35.5. The van der Waals surface area contributed by atoms with Crippen LogP contribution < -0.4 is 4.90 Å². The molecule has 0 bridgehead atoms. The van der Waals surface area contributed by atoms with Crippen LogP contribution in [0.3, 0.4) is 0 Å². The molecular weight excluding hydrogens is 477 g/mol. The van der Waals surface area contributed by atoms with Gasteiger partial charge in [0.25, 0.3) is 0 Å². The Kier molecular flexibility index (Phi) is 5.16. The summed E-state index contributed by atoms with van der Waals surface area (Å²) in [6, 6.07) is 7.90. The Morgan fingerprint density at radius 2 is 1.86 bits per heavy atom. The van der Waals surface area contributed by atoms with Gasteiger partial charge in [0, 0.05) is 42.2 Å². The van der Waals surface area contributed by atoms with E-state index >= 15 is 0 Å². The topological polar surface area (TPSA) is 50.1 Å². The maximum atomic E-state index is 13.6. The summed E-state index contributed by atoms with van der Waals surface area (Å²) in [5, 5.41) is 9.37. The molecule has 3 aromatic rings. The number of pyridine rings is 1. The molecule has 4 heterocycles. The Bertz CT molecular complexity index is 1270. The largest absolute Gasteiger partial charge is 0.403 e. The summed E-state index contributed by atoms with van der Waals surface area (Å²) in [7, 11) is 0. The number of aryl methyl sites for hydroxylation is 1. The predicted octanol–water partition coefficient (Wildman–Crippen LogP) is 5.27. The zero-order chi connectivity index (χ0) is 24.5. The molecule has 10 heteroatoms. The first kappa shape index (κ1) is 22.8. The van der Waals surface area contributed by atoms with Crippen LogP contribution in [-0.4, -0.2) is 50.0 Å². The molecular formula is C25H26ClF3N6. The lowest BCUT2D eigenvalue weighted by atomic mass is 9.57. The van der Waals surface area contributed by atoms with Gasteiger partial charge in [0.1, 0.15) is 17.7 Å². The third-order valence-corrected chi connectivity index (χ3v) is 8.01. The lowest BCUT2D eigenvalue weighted by Crippen LogP contribution is -2.62. The number of fused-ring (bicyclic) bond motifs is 3. The average molecular weight is 503 g/mol. The van der Waals surface area contributed by atoms with Crippen molar-refractivity contribution in [2.75, 3.05) is 18.0 Å². The van der Waals surface area contributed by atoms with Crippen molar-refractivity contribution in [3.05, 3.63) is 64.3 Å². The molecule has 6 rings (SSSR count). The van der Waals surface area contributed by atoms with E-state index in [0.717, 1.165) is 48.8 Å². The monoisotopic (exact) mass is 502 g/mol.